The smallest absolute Gasteiger partial charge is 0.161 e. The van der Waals surface area contributed by atoms with Gasteiger partial charge in [-0.3, -0.25) is 0 Å². The molecule has 3 aromatic heterocycles. The Kier molecular flexibility index (Phi) is 5.19. The highest BCUT2D eigenvalue weighted by Crippen LogP contribution is 2.43. The highest BCUT2D eigenvalue weighted by molar-refractivity contribution is 7.25. The number of hydrogen-bond acceptors (Lipinski definition) is 2. The summed E-state index contributed by atoms with van der Waals surface area (Å²) in [6, 6.07) is 54.7. The van der Waals surface area contributed by atoms with Crippen molar-refractivity contribution >= 4 is 75.3 Å². The number of furan rings is 1. The van der Waals surface area contributed by atoms with Gasteiger partial charge in [0, 0.05) is 36.6 Å². The highest BCUT2D eigenvalue weighted by Gasteiger charge is 2.20. The fourth-order valence-electron chi connectivity index (χ4n) is 7.10. The van der Waals surface area contributed by atoms with Gasteiger partial charge in [-0.05, 0) is 87.6 Å². The molecule has 2 nitrogen and oxygen atoms in total. The summed E-state index contributed by atoms with van der Waals surface area (Å²) < 4.78 is 11.5. The molecular formula is C42H25NOS. The van der Waals surface area contributed by atoms with Crippen LogP contribution in [0.2, 0.25) is 0 Å². The van der Waals surface area contributed by atoms with E-state index >= 15 is 0 Å². The largest absolute Gasteiger partial charge is 0.454 e. The van der Waals surface area contributed by atoms with Crippen molar-refractivity contribution in [2.75, 3.05) is 0 Å². The second-order valence-electron chi connectivity index (χ2n) is 11.7. The van der Waals surface area contributed by atoms with Crippen molar-refractivity contribution in [1.29, 1.82) is 0 Å². The van der Waals surface area contributed by atoms with Crippen molar-refractivity contribution in [2.24, 2.45) is 0 Å². The Morgan fingerprint density at radius 3 is 1.98 bits per heavy atom. The van der Waals surface area contributed by atoms with Crippen LogP contribution in [0.4, 0.5) is 0 Å². The molecule has 45 heavy (non-hydrogen) atoms. The molecule has 10 rings (SSSR count). The molecule has 0 aliphatic rings. The van der Waals surface area contributed by atoms with Crippen molar-refractivity contribution in [3.63, 3.8) is 0 Å². The Bertz CT molecular complexity index is 2760. The van der Waals surface area contributed by atoms with E-state index in [1.807, 2.05) is 11.3 Å². The molecule has 0 fully saturated rings. The molecule has 0 aliphatic carbocycles. The van der Waals surface area contributed by atoms with Gasteiger partial charge in [-0.15, -0.1) is 11.3 Å². The Hall–Kier alpha value is -5.64. The summed E-state index contributed by atoms with van der Waals surface area (Å²) in [7, 11) is 0. The number of hydrogen-bond donors (Lipinski definition) is 0. The minimum atomic E-state index is 0.899. The first-order valence-corrected chi connectivity index (χ1v) is 16.1. The van der Waals surface area contributed by atoms with Crippen LogP contribution in [0.5, 0.6) is 0 Å². The molecule has 0 atom stereocenters. The summed E-state index contributed by atoms with van der Waals surface area (Å²) in [5.74, 6) is 0. The van der Waals surface area contributed by atoms with Crippen molar-refractivity contribution in [3.8, 4) is 27.9 Å². The molecule has 0 amide bonds. The van der Waals surface area contributed by atoms with Crippen molar-refractivity contribution in [2.45, 2.75) is 0 Å². The predicted octanol–water partition coefficient (Wildman–Crippen LogP) is 12.4. The monoisotopic (exact) mass is 591 g/mol. The lowest BCUT2D eigenvalue weighted by Crippen LogP contribution is -1.93. The number of fused-ring (bicyclic) bond motifs is 9. The molecule has 0 saturated carbocycles. The van der Waals surface area contributed by atoms with E-state index in [1.165, 1.54) is 53.2 Å². The zero-order valence-corrected chi connectivity index (χ0v) is 25.0. The molecule has 210 valence electrons. The third kappa shape index (κ3) is 3.68. The van der Waals surface area contributed by atoms with Gasteiger partial charge in [-0.1, -0.05) is 97.1 Å². The summed E-state index contributed by atoms with van der Waals surface area (Å²) >= 11 is 1.88. The Morgan fingerprint density at radius 1 is 0.467 bits per heavy atom. The molecule has 0 N–H and O–H groups in total. The van der Waals surface area contributed by atoms with Crippen molar-refractivity contribution in [1.82, 2.24) is 4.57 Å². The molecule has 0 aliphatic heterocycles. The SMILES string of the molecule is c1ccc(-n2c3ccccc3c3oc4ccc(-c5ccccc5-c5ccc6c(c5)sc5cc7ccccc7cc56)cc4c32)cc1. The van der Waals surface area contributed by atoms with Crippen LogP contribution in [0.3, 0.4) is 0 Å². The number of nitrogens with zero attached hydrogens (tertiary/aromatic N) is 1. The second-order valence-corrected chi connectivity index (χ2v) is 12.8. The number of rotatable bonds is 3. The molecule has 0 unspecified atom stereocenters. The first kappa shape index (κ1) is 24.8. The molecule has 0 bridgehead atoms. The van der Waals surface area contributed by atoms with Crippen LogP contribution in [0.15, 0.2) is 156 Å². The second kappa shape index (κ2) is 9.43. The minimum Gasteiger partial charge on any atom is -0.454 e. The molecule has 7 aromatic carbocycles. The van der Waals surface area contributed by atoms with Gasteiger partial charge in [0.25, 0.3) is 0 Å². The van der Waals surface area contributed by atoms with E-state index in [2.05, 4.69) is 156 Å². The third-order valence-corrected chi connectivity index (χ3v) is 10.3. The quantitative estimate of drug-likeness (QED) is 0.200. The van der Waals surface area contributed by atoms with Gasteiger partial charge in [0.1, 0.15) is 11.1 Å². The van der Waals surface area contributed by atoms with E-state index in [-0.39, 0.29) is 0 Å². The van der Waals surface area contributed by atoms with Gasteiger partial charge >= 0.3 is 0 Å². The van der Waals surface area contributed by atoms with Gasteiger partial charge in [0.05, 0.1) is 5.52 Å². The number of aromatic nitrogens is 1. The van der Waals surface area contributed by atoms with Crippen molar-refractivity contribution in [3.05, 3.63) is 152 Å². The lowest BCUT2D eigenvalue weighted by molar-refractivity contribution is 0.673. The van der Waals surface area contributed by atoms with Gasteiger partial charge < -0.3 is 8.98 Å². The molecule has 3 heteroatoms. The maximum Gasteiger partial charge on any atom is 0.161 e. The lowest BCUT2D eigenvalue weighted by Gasteiger charge is -2.11. The Labute approximate surface area is 263 Å². The lowest BCUT2D eigenvalue weighted by atomic mass is 9.93. The maximum atomic E-state index is 6.56. The van der Waals surface area contributed by atoms with E-state index in [0.717, 1.165) is 38.7 Å². The Balaban J connectivity index is 1.17. The van der Waals surface area contributed by atoms with E-state index in [4.69, 9.17) is 4.42 Å². The zero-order valence-electron chi connectivity index (χ0n) is 24.2. The Morgan fingerprint density at radius 2 is 1.13 bits per heavy atom. The molecule has 10 aromatic rings. The van der Waals surface area contributed by atoms with Gasteiger partial charge in [-0.25, -0.2) is 0 Å². The standard InChI is InChI=1S/C42H25NOS/c1-2-12-30(13-3-1)43-37-17-9-8-16-34(37)42-41(43)36-23-28(19-21-38(36)44-42)31-14-6-7-15-32(31)29-18-20-33-35-22-26-10-4-5-11-27(26)24-40(35)45-39(33)25-29/h1-25H. The first-order chi connectivity index (χ1) is 22.3. The van der Waals surface area contributed by atoms with Crippen molar-refractivity contribution < 1.29 is 4.42 Å². The predicted molar refractivity (Wildman–Crippen MR) is 192 cm³/mol. The average molecular weight is 592 g/mol. The van der Waals surface area contributed by atoms with Gasteiger partial charge in [-0.2, -0.15) is 0 Å². The average Bonchev–Trinajstić information content (AvgIpc) is 3.75. The number of benzene rings is 7. The topological polar surface area (TPSA) is 18.1 Å². The zero-order chi connectivity index (χ0) is 29.5. The van der Waals surface area contributed by atoms with Crippen LogP contribution < -0.4 is 0 Å². The van der Waals surface area contributed by atoms with Crippen LogP contribution in [0, 0.1) is 0 Å². The van der Waals surface area contributed by atoms with Crippen LogP contribution >= 0.6 is 11.3 Å². The van der Waals surface area contributed by atoms with Gasteiger partial charge in [0.15, 0.2) is 5.58 Å². The van der Waals surface area contributed by atoms with Gasteiger partial charge in [0.2, 0.25) is 0 Å². The fourth-order valence-corrected chi connectivity index (χ4v) is 8.27. The summed E-state index contributed by atoms with van der Waals surface area (Å²) in [5.41, 5.74) is 10.0. The summed E-state index contributed by atoms with van der Waals surface area (Å²) in [6.45, 7) is 0. The first-order valence-electron chi connectivity index (χ1n) is 15.3. The normalized spacial score (nSPS) is 12.0. The fraction of sp³-hybridized carbons (Fsp3) is 0. The van der Waals surface area contributed by atoms with Crippen LogP contribution in [-0.4, -0.2) is 4.57 Å². The van der Waals surface area contributed by atoms with Crippen LogP contribution in [0.25, 0.3) is 91.9 Å². The summed E-state index contributed by atoms with van der Waals surface area (Å²) in [5, 5.41) is 7.46. The van der Waals surface area contributed by atoms with E-state index in [1.54, 1.807) is 0 Å². The summed E-state index contributed by atoms with van der Waals surface area (Å²) in [4.78, 5) is 0. The van der Waals surface area contributed by atoms with E-state index in [0.29, 0.717) is 0 Å². The summed E-state index contributed by atoms with van der Waals surface area (Å²) in [6.07, 6.45) is 0. The van der Waals surface area contributed by atoms with E-state index < -0.39 is 0 Å². The van der Waals surface area contributed by atoms with Crippen LogP contribution in [0.1, 0.15) is 0 Å². The highest BCUT2D eigenvalue weighted by atomic mass is 32.1. The molecule has 3 heterocycles. The molecule has 0 saturated heterocycles. The number of thiophene rings is 1. The molecule has 0 radical (unpaired) electrons. The molecular weight excluding hydrogens is 567 g/mol. The third-order valence-electron chi connectivity index (χ3n) is 9.18. The number of para-hydroxylation sites is 2. The van der Waals surface area contributed by atoms with E-state index in [9.17, 15) is 0 Å². The maximum absolute atomic E-state index is 6.56. The molecule has 0 spiro atoms. The minimum absolute atomic E-state index is 0.899. The van der Waals surface area contributed by atoms with Crippen LogP contribution in [-0.2, 0) is 0 Å².